The standard InChI is InChI=1S/C32H39N5O2/c1-36(30(39)24-12-17-33-32(21-24)13-7-14-32)23-31(25-8-3-2-4-9-25)15-18-37(19-16-31)26-20-28(35-34-22-26)27-10-5-6-11-29(27)38/h2-6,8-11,20,22,24,33,38H,7,12-19,21,23H2,1H3. The number of aromatic hydroxyl groups is 1. The molecule has 7 heteroatoms. The van der Waals surface area contributed by atoms with E-state index in [4.69, 9.17) is 0 Å². The van der Waals surface area contributed by atoms with E-state index in [1.165, 1.54) is 24.8 Å². The van der Waals surface area contributed by atoms with Crippen molar-refractivity contribution in [2.45, 2.75) is 55.9 Å². The minimum atomic E-state index is -0.0930. The first kappa shape index (κ1) is 25.8. The topological polar surface area (TPSA) is 81.6 Å². The smallest absolute Gasteiger partial charge is 0.225 e. The molecule has 1 aliphatic carbocycles. The number of para-hydroxylation sites is 1. The molecule has 7 nitrogen and oxygen atoms in total. The van der Waals surface area contributed by atoms with Crippen molar-refractivity contribution in [1.29, 1.82) is 0 Å². The number of hydrogen-bond acceptors (Lipinski definition) is 6. The first-order valence-electron chi connectivity index (χ1n) is 14.4. The maximum Gasteiger partial charge on any atom is 0.225 e. The molecule has 1 atom stereocenters. The van der Waals surface area contributed by atoms with Crippen molar-refractivity contribution in [3.8, 4) is 17.0 Å². The number of amides is 1. The lowest BCUT2D eigenvalue weighted by Gasteiger charge is -2.49. The summed E-state index contributed by atoms with van der Waals surface area (Å²) in [6.07, 6.45) is 9.31. The minimum absolute atomic E-state index is 0.0930. The average molecular weight is 526 g/mol. The van der Waals surface area contributed by atoms with Crippen LogP contribution in [0.1, 0.15) is 50.5 Å². The van der Waals surface area contributed by atoms with Crippen LogP contribution in [0.15, 0.2) is 66.9 Å². The highest BCUT2D eigenvalue weighted by Gasteiger charge is 2.44. The van der Waals surface area contributed by atoms with E-state index < -0.39 is 0 Å². The molecule has 2 aliphatic heterocycles. The van der Waals surface area contributed by atoms with Crippen LogP contribution in [0.3, 0.4) is 0 Å². The maximum absolute atomic E-state index is 13.7. The summed E-state index contributed by atoms with van der Waals surface area (Å²) in [5.41, 5.74) is 3.80. The monoisotopic (exact) mass is 525 g/mol. The number of hydrogen-bond donors (Lipinski definition) is 2. The van der Waals surface area contributed by atoms with Gasteiger partial charge in [-0.1, -0.05) is 42.5 Å². The molecule has 1 aromatic heterocycles. The van der Waals surface area contributed by atoms with Crippen LogP contribution >= 0.6 is 0 Å². The first-order chi connectivity index (χ1) is 19.0. The van der Waals surface area contributed by atoms with Gasteiger partial charge in [0.2, 0.25) is 5.91 Å². The highest BCUT2D eigenvalue weighted by atomic mass is 16.3. The molecule has 39 heavy (non-hydrogen) atoms. The fourth-order valence-electron chi connectivity index (χ4n) is 7.07. The van der Waals surface area contributed by atoms with Gasteiger partial charge in [0.25, 0.3) is 0 Å². The molecule has 3 fully saturated rings. The van der Waals surface area contributed by atoms with Gasteiger partial charge in [-0.25, -0.2) is 0 Å². The van der Waals surface area contributed by atoms with E-state index in [0.717, 1.165) is 57.5 Å². The van der Waals surface area contributed by atoms with Crippen molar-refractivity contribution in [1.82, 2.24) is 20.4 Å². The number of piperidine rings is 2. The number of carbonyl (C=O) groups excluding carboxylic acids is 1. The van der Waals surface area contributed by atoms with Crippen molar-refractivity contribution in [3.05, 3.63) is 72.4 Å². The largest absolute Gasteiger partial charge is 0.507 e. The molecule has 3 aliphatic rings. The van der Waals surface area contributed by atoms with E-state index in [1.807, 2.05) is 42.4 Å². The van der Waals surface area contributed by atoms with Gasteiger partial charge in [0.1, 0.15) is 5.75 Å². The lowest BCUT2D eigenvalue weighted by molar-refractivity contribution is -0.137. The number of likely N-dealkylation sites (N-methyl/N-ethyl adjacent to an activating group) is 1. The highest BCUT2D eigenvalue weighted by molar-refractivity contribution is 5.79. The molecular formula is C32H39N5O2. The Balaban J connectivity index is 1.19. The summed E-state index contributed by atoms with van der Waals surface area (Å²) >= 11 is 0. The van der Waals surface area contributed by atoms with Crippen LogP contribution in [0, 0.1) is 5.92 Å². The molecular weight excluding hydrogens is 486 g/mol. The number of carbonyl (C=O) groups is 1. The zero-order chi connectivity index (χ0) is 26.9. The number of phenols is 1. The number of phenolic OH excluding ortho intramolecular Hbond substituents is 1. The summed E-state index contributed by atoms with van der Waals surface area (Å²) < 4.78 is 0. The lowest BCUT2D eigenvalue weighted by atomic mass is 9.68. The second kappa shape index (κ2) is 10.6. The third-order valence-corrected chi connectivity index (χ3v) is 9.50. The Kier molecular flexibility index (Phi) is 7.02. The number of aromatic nitrogens is 2. The van der Waals surface area contributed by atoms with Crippen molar-refractivity contribution < 1.29 is 9.90 Å². The molecule has 204 valence electrons. The summed E-state index contributed by atoms with van der Waals surface area (Å²) in [4.78, 5) is 18.1. The average Bonchev–Trinajstić information content (AvgIpc) is 2.97. The normalized spacial score (nSPS) is 21.8. The SMILES string of the molecule is CN(CC1(c2ccccc2)CCN(c2cnnc(-c3ccccc3O)c2)CC1)C(=O)C1CCNC2(CCC2)C1. The first-order valence-corrected chi connectivity index (χ1v) is 14.4. The fraction of sp³-hybridized carbons (Fsp3) is 0.469. The van der Waals surface area contributed by atoms with E-state index in [2.05, 4.69) is 50.7 Å². The van der Waals surface area contributed by atoms with Gasteiger partial charge < -0.3 is 20.2 Å². The Hall–Kier alpha value is -3.45. The number of anilines is 1. The summed E-state index contributed by atoms with van der Waals surface area (Å²) in [6, 6.07) is 20.0. The second-order valence-corrected chi connectivity index (χ2v) is 11.9. The summed E-state index contributed by atoms with van der Waals surface area (Å²) in [6.45, 7) is 3.41. The van der Waals surface area contributed by atoms with Crippen molar-refractivity contribution in [2.24, 2.45) is 5.92 Å². The number of nitrogens with one attached hydrogen (secondary N) is 1. The molecule has 1 spiro atoms. The second-order valence-electron chi connectivity index (χ2n) is 11.9. The van der Waals surface area contributed by atoms with E-state index in [-0.39, 0.29) is 22.6 Å². The fourth-order valence-corrected chi connectivity index (χ4v) is 7.07. The van der Waals surface area contributed by atoms with Crippen LogP contribution in [0.2, 0.25) is 0 Å². The van der Waals surface area contributed by atoms with Gasteiger partial charge in [0, 0.05) is 49.1 Å². The zero-order valence-electron chi connectivity index (χ0n) is 22.9. The minimum Gasteiger partial charge on any atom is -0.507 e. The lowest BCUT2D eigenvalue weighted by Crippen LogP contribution is -2.58. The molecule has 2 saturated heterocycles. The molecule has 1 unspecified atom stereocenters. The van der Waals surface area contributed by atoms with Gasteiger partial charge in [-0.2, -0.15) is 10.2 Å². The summed E-state index contributed by atoms with van der Waals surface area (Å²) in [7, 11) is 2.01. The van der Waals surface area contributed by atoms with E-state index >= 15 is 0 Å². The maximum atomic E-state index is 13.7. The van der Waals surface area contributed by atoms with E-state index in [9.17, 15) is 9.90 Å². The van der Waals surface area contributed by atoms with Crippen molar-refractivity contribution >= 4 is 11.6 Å². The van der Waals surface area contributed by atoms with Crippen LogP contribution < -0.4 is 10.2 Å². The van der Waals surface area contributed by atoms with E-state index in [0.29, 0.717) is 17.2 Å². The number of rotatable bonds is 6. The predicted molar refractivity (Wildman–Crippen MR) is 154 cm³/mol. The Morgan fingerprint density at radius 3 is 2.54 bits per heavy atom. The zero-order valence-corrected chi connectivity index (χ0v) is 22.9. The molecule has 1 saturated carbocycles. The summed E-state index contributed by atoms with van der Waals surface area (Å²) in [5.74, 6) is 0.640. The van der Waals surface area contributed by atoms with Gasteiger partial charge in [-0.05, 0) is 75.3 Å². The van der Waals surface area contributed by atoms with Gasteiger partial charge in [0.15, 0.2) is 0 Å². The van der Waals surface area contributed by atoms with Gasteiger partial charge in [-0.15, -0.1) is 0 Å². The molecule has 6 rings (SSSR count). The van der Waals surface area contributed by atoms with Crippen LogP contribution in [0.25, 0.3) is 11.3 Å². The Labute approximate surface area is 231 Å². The van der Waals surface area contributed by atoms with Crippen LogP contribution in [-0.4, -0.2) is 64.9 Å². The molecule has 2 aromatic carbocycles. The van der Waals surface area contributed by atoms with Crippen molar-refractivity contribution in [2.75, 3.05) is 38.1 Å². The van der Waals surface area contributed by atoms with Crippen molar-refractivity contribution in [3.63, 3.8) is 0 Å². The quantitative estimate of drug-likeness (QED) is 0.483. The number of nitrogens with zero attached hydrogens (tertiary/aromatic N) is 4. The third kappa shape index (κ3) is 5.12. The van der Waals surface area contributed by atoms with Gasteiger partial charge in [-0.3, -0.25) is 4.79 Å². The van der Waals surface area contributed by atoms with Gasteiger partial charge in [0.05, 0.1) is 17.6 Å². The predicted octanol–water partition coefficient (Wildman–Crippen LogP) is 4.77. The molecule has 1 amide bonds. The Morgan fingerprint density at radius 1 is 1.08 bits per heavy atom. The van der Waals surface area contributed by atoms with Crippen LogP contribution in [0.4, 0.5) is 5.69 Å². The molecule has 3 aromatic rings. The molecule has 3 heterocycles. The van der Waals surface area contributed by atoms with Gasteiger partial charge >= 0.3 is 0 Å². The van der Waals surface area contributed by atoms with E-state index in [1.54, 1.807) is 6.07 Å². The molecule has 0 radical (unpaired) electrons. The highest BCUT2D eigenvalue weighted by Crippen LogP contribution is 2.42. The van der Waals surface area contributed by atoms with Crippen LogP contribution in [-0.2, 0) is 10.2 Å². The van der Waals surface area contributed by atoms with Crippen LogP contribution in [0.5, 0.6) is 5.75 Å². The molecule has 2 N–H and O–H groups in total. The Morgan fingerprint density at radius 2 is 1.82 bits per heavy atom. The Bertz CT molecular complexity index is 1300. The third-order valence-electron chi connectivity index (χ3n) is 9.50. The number of benzene rings is 2. The molecule has 0 bridgehead atoms. The summed E-state index contributed by atoms with van der Waals surface area (Å²) in [5, 5.41) is 22.6.